The summed E-state index contributed by atoms with van der Waals surface area (Å²) in [6.45, 7) is 3.87. The van der Waals surface area contributed by atoms with Gasteiger partial charge < -0.3 is 16.0 Å². The standard InChI is InChI=1S/C17H22BrN5OS/c1-12-23-15(11-25-12)6-7-21-17(19-2)22-9-8-20-16(24)13-4-3-5-14(18)10-13/h3-5,10-11H,6-9H2,1-2H3,(H,20,24)(H2,19,21,22). The number of carbonyl (C=O) groups excluding carboxylic acids is 1. The van der Waals surface area contributed by atoms with Gasteiger partial charge in [0.05, 0.1) is 10.7 Å². The minimum absolute atomic E-state index is 0.0926. The molecule has 0 aliphatic carbocycles. The van der Waals surface area contributed by atoms with Gasteiger partial charge in [-0.1, -0.05) is 22.0 Å². The van der Waals surface area contributed by atoms with Crippen molar-refractivity contribution in [2.45, 2.75) is 13.3 Å². The number of aryl methyl sites for hydroxylation is 1. The summed E-state index contributed by atoms with van der Waals surface area (Å²) >= 11 is 5.02. The zero-order valence-electron chi connectivity index (χ0n) is 14.3. The van der Waals surface area contributed by atoms with Gasteiger partial charge in [0.1, 0.15) is 0 Å². The first kappa shape index (κ1) is 19.4. The number of benzene rings is 1. The topological polar surface area (TPSA) is 78.4 Å². The van der Waals surface area contributed by atoms with Crippen LogP contribution in [-0.2, 0) is 6.42 Å². The van der Waals surface area contributed by atoms with Gasteiger partial charge in [-0.2, -0.15) is 0 Å². The Labute approximate surface area is 160 Å². The van der Waals surface area contributed by atoms with E-state index in [0.717, 1.165) is 28.1 Å². The fraction of sp³-hybridized carbons (Fsp3) is 0.353. The summed E-state index contributed by atoms with van der Waals surface area (Å²) in [5, 5.41) is 12.4. The van der Waals surface area contributed by atoms with Crippen molar-refractivity contribution >= 4 is 39.1 Å². The Kier molecular flexibility index (Phi) is 7.87. The summed E-state index contributed by atoms with van der Waals surface area (Å²) in [6.07, 6.45) is 0.852. The molecule has 8 heteroatoms. The molecule has 0 saturated carbocycles. The molecule has 3 N–H and O–H groups in total. The van der Waals surface area contributed by atoms with Crippen molar-refractivity contribution in [3.8, 4) is 0 Å². The molecule has 134 valence electrons. The van der Waals surface area contributed by atoms with Crippen LogP contribution in [0.5, 0.6) is 0 Å². The van der Waals surface area contributed by atoms with E-state index >= 15 is 0 Å². The number of halogens is 1. The first-order valence-electron chi connectivity index (χ1n) is 7.98. The lowest BCUT2D eigenvalue weighted by Gasteiger charge is -2.12. The summed E-state index contributed by atoms with van der Waals surface area (Å²) in [7, 11) is 1.72. The predicted molar refractivity (Wildman–Crippen MR) is 106 cm³/mol. The monoisotopic (exact) mass is 423 g/mol. The molecule has 1 aromatic carbocycles. The first-order valence-corrected chi connectivity index (χ1v) is 9.65. The molecule has 0 fully saturated rings. The van der Waals surface area contributed by atoms with Gasteiger partial charge in [-0.15, -0.1) is 11.3 Å². The van der Waals surface area contributed by atoms with E-state index in [9.17, 15) is 4.79 Å². The SMILES string of the molecule is CN=C(NCCNC(=O)c1cccc(Br)c1)NCCc1csc(C)n1. The smallest absolute Gasteiger partial charge is 0.251 e. The Bertz CT molecular complexity index is 731. The van der Waals surface area contributed by atoms with Gasteiger partial charge in [0.15, 0.2) is 5.96 Å². The van der Waals surface area contributed by atoms with Gasteiger partial charge in [-0.25, -0.2) is 4.98 Å². The average molecular weight is 424 g/mol. The molecule has 1 aromatic heterocycles. The zero-order chi connectivity index (χ0) is 18.1. The Morgan fingerprint density at radius 3 is 2.68 bits per heavy atom. The minimum Gasteiger partial charge on any atom is -0.356 e. The van der Waals surface area contributed by atoms with E-state index in [1.165, 1.54) is 0 Å². The number of aromatic nitrogens is 1. The van der Waals surface area contributed by atoms with Crippen LogP contribution in [0, 0.1) is 6.92 Å². The lowest BCUT2D eigenvalue weighted by Crippen LogP contribution is -2.42. The molecule has 0 aliphatic heterocycles. The van der Waals surface area contributed by atoms with Crippen molar-refractivity contribution in [3.05, 3.63) is 50.4 Å². The summed E-state index contributed by atoms with van der Waals surface area (Å²) < 4.78 is 0.887. The zero-order valence-corrected chi connectivity index (χ0v) is 16.7. The second kappa shape index (κ2) is 10.1. The summed E-state index contributed by atoms with van der Waals surface area (Å²) in [5.41, 5.74) is 1.72. The van der Waals surface area contributed by atoms with Crippen molar-refractivity contribution in [3.63, 3.8) is 0 Å². The molecule has 0 spiro atoms. The van der Waals surface area contributed by atoms with Gasteiger partial charge in [-0.3, -0.25) is 9.79 Å². The first-order chi connectivity index (χ1) is 12.1. The third-order valence-electron chi connectivity index (χ3n) is 3.35. The maximum atomic E-state index is 12.0. The van der Waals surface area contributed by atoms with Crippen molar-refractivity contribution < 1.29 is 4.79 Å². The van der Waals surface area contributed by atoms with Crippen LogP contribution in [0.25, 0.3) is 0 Å². The molecule has 2 aromatic rings. The number of nitrogens with zero attached hydrogens (tertiary/aromatic N) is 2. The van der Waals surface area contributed by atoms with Crippen molar-refractivity contribution in [2.75, 3.05) is 26.7 Å². The molecular formula is C17H22BrN5OS. The van der Waals surface area contributed by atoms with Crippen molar-refractivity contribution in [1.82, 2.24) is 20.9 Å². The number of hydrogen-bond acceptors (Lipinski definition) is 4. The molecular weight excluding hydrogens is 402 g/mol. The number of nitrogens with one attached hydrogen (secondary N) is 3. The largest absolute Gasteiger partial charge is 0.356 e. The van der Waals surface area contributed by atoms with Crippen LogP contribution in [0.15, 0.2) is 39.1 Å². The molecule has 0 unspecified atom stereocenters. The fourth-order valence-electron chi connectivity index (χ4n) is 2.14. The lowest BCUT2D eigenvalue weighted by molar-refractivity contribution is 0.0954. The van der Waals surface area contributed by atoms with Crippen LogP contribution < -0.4 is 16.0 Å². The third kappa shape index (κ3) is 6.83. The number of hydrogen-bond donors (Lipinski definition) is 3. The molecule has 0 aliphatic rings. The number of thiazole rings is 1. The van der Waals surface area contributed by atoms with Gasteiger partial charge in [-0.05, 0) is 25.1 Å². The molecule has 0 radical (unpaired) electrons. The number of guanidine groups is 1. The summed E-state index contributed by atoms with van der Waals surface area (Å²) in [6, 6.07) is 7.31. The summed E-state index contributed by atoms with van der Waals surface area (Å²) in [4.78, 5) is 20.6. The van der Waals surface area contributed by atoms with Gasteiger partial charge >= 0.3 is 0 Å². The normalized spacial score (nSPS) is 11.2. The molecule has 25 heavy (non-hydrogen) atoms. The third-order valence-corrected chi connectivity index (χ3v) is 4.67. The maximum absolute atomic E-state index is 12.0. The highest BCUT2D eigenvalue weighted by Gasteiger charge is 2.05. The molecule has 1 heterocycles. The number of amides is 1. The molecule has 0 bridgehead atoms. The van der Waals surface area contributed by atoms with Crippen molar-refractivity contribution in [2.24, 2.45) is 4.99 Å². The Hall–Kier alpha value is -1.93. The van der Waals surface area contributed by atoms with E-state index in [1.54, 1.807) is 30.5 Å². The highest BCUT2D eigenvalue weighted by molar-refractivity contribution is 9.10. The summed E-state index contributed by atoms with van der Waals surface area (Å²) in [5.74, 6) is 0.619. The molecule has 6 nitrogen and oxygen atoms in total. The highest BCUT2D eigenvalue weighted by atomic mass is 79.9. The van der Waals surface area contributed by atoms with E-state index in [1.807, 2.05) is 19.1 Å². The molecule has 0 saturated heterocycles. The van der Waals surface area contributed by atoms with Crippen LogP contribution >= 0.6 is 27.3 Å². The second-order valence-electron chi connectivity index (χ2n) is 5.30. The van der Waals surface area contributed by atoms with E-state index in [2.05, 4.69) is 47.2 Å². The van der Waals surface area contributed by atoms with Crippen LogP contribution in [0.4, 0.5) is 0 Å². The lowest BCUT2D eigenvalue weighted by atomic mass is 10.2. The predicted octanol–water partition coefficient (Wildman–Crippen LogP) is 2.35. The minimum atomic E-state index is -0.0926. The Morgan fingerprint density at radius 2 is 2.00 bits per heavy atom. The Morgan fingerprint density at radius 1 is 1.24 bits per heavy atom. The molecule has 1 amide bonds. The van der Waals surface area contributed by atoms with E-state index in [-0.39, 0.29) is 5.91 Å². The Balaban J connectivity index is 1.64. The number of aliphatic imine (C=N–C) groups is 1. The highest BCUT2D eigenvalue weighted by Crippen LogP contribution is 2.11. The van der Waals surface area contributed by atoms with E-state index in [4.69, 9.17) is 0 Å². The van der Waals surface area contributed by atoms with E-state index in [0.29, 0.717) is 24.6 Å². The van der Waals surface area contributed by atoms with Crippen LogP contribution in [0.1, 0.15) is 21.1 Å². The van der Waals surface area contributed by atoms with Gasteiger partial charge in [0.25, 0.3) is 5.91 Å². The molecule has 2 rings (SSSR count). The van der Waals surface area contributed by atoms with Crippen LogP contribution in [0.3, 0.4) is 0 Å². The van der Waals surface area contributed by atoms with Crippen LogP contribution in [0.2, 0.25) is 0 Å². The van der Waals surface area contributed by atoms with E-state index < -0.39 is 0 Å². The van der Waals surface area contributed by atoms with Crippen LogP contribution in [-0.4, -0.2) is 43.5 Å². The maximum Gasteiger partial charge on any atom is 0.251 e. The van der Waals surface area contributed by atoms with Gasteiger partial charge in [0.2, 0.25) is 0 Å². The number of rotatable bonds is 7. The second-order valence-corrected chi connectivity index (χ2v) is 7.28. The number of carbonyl (C=O) groups is 1. The van der Waals surface area contributed by atoms with Crippen molar-refractivity contribution in [1.29, 1.82) is 0 Å². The van der Waals surface area contributed by atoms with Gasteiger partial charge in [0, 0.05) is 48.5 Å². The average Bonchev–Trinajstić information content (AvgIpc) is 3.02. The quantitative estimate of drug-likeness (QED) is 0.362. The fourth-order valence-corrected chi connectivity index (χ4v) is 3.19. The molecule has 0 atom stereocenters.